The molecular formula is C17H24N2O4. The van der Waals surface area contributed by atoms with Crippen molar-refractivity contribution in [3.8, 4) is 5.75 Å². The van der Waals surface area contributed by atoms with Gasteiger partial charge in [0.1, 0.15) is 11.4 Å². The number of ether oxygens (including phenoxy) is 2. The summed E-state index contributed by atoms with van der Waals surface area (Å²) in [7, 11) is 1.58. The highest BCUT2D eigenvalue weighted by atomic mass is 16.6. The molecule has 0 radical (unpaired) electrons. The minimum atomic E-state index is -0.518. The van der Waals surface area contributed by atoms with Crippen LogP contribution in [0.5, 0.6) is 5.75 Å². The van der Waals surface area contributed by atoms with Gasteiger partial charge in [-0.15, -0.1) is 0 Å². The van der Waals surface area contributed by atoms with Crippen LogP contribution in [0, 0.1) is 0 Å². The summed E-state index contributed by atoms with van der Waals surface area (Å²) in [6.07, 6.45) is 1.20. The summed E-state index contributed by atoms with van der Waals surface area (Å²) < 4.78 is 10.7. The van der Waals surface area contributed by atoms with E-state index in [-0.39, 0.29) is 6.04 Å². The number of nitrogens with one attached hydrogen (secondary N) is 1. The molecule has 2 rings (SSSR count). The van der Waals surface area contributed by atoms with E-state index in [1.54, 1.807) is 19.2 Å². The molecule has 1 N–H and O–H groups in total. The maximum absolute atomic E-state index is 11.9. The Labute approximate surface area is 136 Å². The van der Waals surface area contributed by atoms with Crippen LogP contribution in [0.25, 0.3) is 0 Å². The summed E-state index contributed by atoms with van der Waals surface area (Å²) in [6.45, 7) is 6.85. The first-order chi connectivity index (χ1) is 10.8. The van der Waals surface area contributed by atoms with Crippen LogP contribution in [0.15, 0.2) is 18.2 Å². The van der Waals surface area contributed by atoms with Crippen molar-refractivity contribution in [2.75, 3.05) is 25.1 Å². The molecule has 1 saturated heterocycles. The molecule has 0 aromatic heterocycles. The van der Waals surface area contributed by atoms with Crippen molar-refractivity contribution < 1.29 is 19.1 Å². The molecule has 1 aliphatic rings. The molecule has 1 aromatic carbocycles. The molecule has 1 atom stereocenters. The smallest absolute Gasteiger partial charge is 0.407 e. The largest absolute Gasteiger partial charge is 0.495 e. The second-order valence-corrected chi connectivity index (χ2v) is 6.59. The third-order valence-electron chi connectivity index (χ3n) is 3.60. The Morgan fingerprint density at radius 1 is 1.39 bits per heavy atom. The molecule has 6 heteroatoms. The summed E-state index contributed by atoms with van der Waals surface area (Å²) in [5.41, 5.74) is 0.844. The van der Waals surface area contributed by atoms with E-state index in [2.05, 4.69) is 10.2 Å². The van der Waals surface area contributed by atoms with Gasteiger partial charge in [0.25, 0.3) is 0 Å². The lowest BCUT2D eigenvalue weighted by Crippen LogP contribution is -2.40. The lowest BCUT2D eigenvalue weighted by atomic mass is 10.1. The molecule has 23 heavy (non-hydrogen) atoms. The van der Waals surface area contributed by atoms with Crippen LogP contribution in [-0.4, -0.2) is 44.2 Å². The van der Waals surface area contributed by atoms with Crippen LogP contribution >= 0.6 is 0 Å². The van der Waals surface area contributed by atoms with Crippen molar-refractivity contribution in [3.63, 3.8) is 0 Å². The second-order valence-electron chi connectivity index (χ2n) is 6.59. The van der Waals surface area contributed by atoms with Crippen LogP contribution in [0.3, 0.4) is 0 Å². The molecular weight excluding hydrogens is 296 g/mol. The third-order valence-corrected chi connectivity index (χ3v) is 3.60. The highest BCUT2D eigenvalue weighted by Crippen LogP contribution is 2.33. The number of hydrogen-bond acceptors (Lipinski definition) is 5. The van der Waals surface area contributed by atoms with Gasteiger partial charge >= 0.3 is 6.09 Å². The quantitative estimate of drug-likeness (QED) is 0.864. The zero-order chi connectivity index (χ0) is 17.0. The molecule has 0 spiro atoms. The Hall–Kier alpha value is -2.24. The van der Waals surface area contributed by atoms with Crippen molar-refractivity contribution in [2.45, 2.75) is 38.8 Å². The van der Waals surface area contributed by atoms with Crippen LogP contribution in [-0.2, 0) is 4.74 Å². The highest BCUT2D eigenvalue weighted by Gasteiger charge is 2.28. The molecule has 0 unspecified atom stereocenters. The highest BCUT2D eigenvalue weighted by molar-refractivity contribution is 5.87. The van der Waals surface area contributed by atoms with Crippen LogP contribution in [0.1, 0.15) is 37.6 Å². The van der Waals surface area contributed by atoms with E-state index in [0.29, 0.717) is 17.9 Å². The number of methoxy groups -OCH3 is 1. The van der Waals surface area contributed by atoms with E-state index in [1.807, 2.05) is 26.8 Å². The van der Waals surface area contributed by atoms with Gasteiger partial charge in [-0.2, -0.15) is 0 Å². The maximum atomic E-state index is 11.9. The molecule has 126 valence electrons. The lowest BCUT2D eigenvalue weighted by molar-refractivity contribution is 0.0509. The zero-order valence-corrected chi connectivity index (χ0v) is 14.1. The van der Waals surface area contributed by atoms with E-state index in [9.17, 15) is 9.59 Å². The van der Waals surface area contributed by atoms with Crippen molar-refractivity contribution in [1.29, 1.82) is 0 Å². The van der Waals surface area contributed by atoms with Crippen molar-refractivity contribution in [3.05, 3.63) is 23.8 Å². The molecule has 0 saturated carbocycles. The monoisotopic (exact) mass is 320 g/mol. The standard InChI is InChI=1S/C17H24N2O4/c1-17(2,3)23-16(21)18-13-8-9-19(10-13)15-12(11-20)6-5-7-14(15)22-4/h5-7,11,13H,8-10H2,1-4H3,(H,18,21)/t13-/m0/s1. The van der Waals surface area contributed by atoms with Crippen molar-refractivity contribution >= 4 is 18.1 Å². The molecule has 1 amide bonds. The number of aldehydes is 1. The predicted molar refractivity (Wildman–Crippen MR) is 88.4 cm³/mol. The van der Waals surface area contributed by atoms with Gasteiger partial charge < -0.3 is 19.7 Å². The molecule has 1 heterocycles. The van der Waals surface area contributed by atoms with Gasteiger partial charge in [0.05, 0.1) is 18.8 Å². The van der Waals surface area contributed by atoms with Gasteiger partial charge in [-0.05, 0) is 39.3 Å². The average Bonchev–Trinajstić information content (AvgIpc) is 2.92. The zero-order valence-electron chi connectivity index (χ0n) is 14.1. The van der Waals surface area contributed by atoms with Gasteiger partial charge in [-0.25, -0.2) is 4.79 Å². The van der Waals surface area contributed by atoms with E-state index >= 15 is 0 Å². The summed E-state index contributed by atoms with van der Waals surface area (Å²) in [5.74, 6) is 0.660. The fourth-order valence-corrected chi connectivity index (χ4v) is 2.69. The van der Waals surface area contributed by atoms with Gasteiger partial charge in [0.15, 0.2) is 6.29 Å². The summed E-state index contributed by atoms with van der Waals surface area (Å²) >= 11 is 0. The van der Waals surface area contributed by atoms with Gasteiger partial charge in [-0.1, -0.05) is 6.07 Å². The average molecular weight is 320 g/mol. The summed E-state index contributed by atoms with van der Waals surface area (Å²) in [4.78, 5) is 25.2. The fraction of sp³-hybridized carbons (Fsp3) is 0.529. The number of rotatable bonds is 4. The number of benzene rings is 1. The summed E-state index contributed by atoms with van der Waals surface area (Å²) in [5, 5.41) is 2.88. The first-order valence-electron chi connectivity index (χ1n) is 7.70. The van der Waals surface area contributed by atoms with E-state index in [1.165, 1.54) is 0 Å². The number of carbonyl (C=O) groups is 2. The predicted octanol–water partition coefficient (Wildman–Crippen LogP) is 2.61. The van der Waals surface area contributed by atoms with Crippen LogP contribution in [0.2, 0.25) is 0 Å². The number of amides is 1. The van der Waals surface area contributed by atoms with Gasteiger partial charge in [-0.3, -0.25) is 4.79 Å². The number of anilines is 1. The molecule has 0 aliphatic carbocycles. The third kappa shape index (κ3) is 4.37. The summed E-state index contributed by atoms with van der Waals surface area (Å²) in [6, 6.07) is 5.36. The molecule has 0 bridgehead atoms. The maximum Gasteiger partial charge on any atom is 0.407 e. The Morgan fingerprint density at radius 3 is 2.74 bits per heavy atom. The minimum absolute atomic E-state index is 0.0192. The van der Waals surface area contributed by atoms with Gasteiger partial charge in [0, 0.05) is 18.7 Å². The van der Waals surface area contributed by atoms with E-state index in [0.717, 1.165) is 24.9 Å². The van der Waals surface area contributed by atoms with Crippen molar-refractivity contribution in [2.24, 2.45) is 0 Å². The molecule has 1 aliphatic heterocycles. The Morgan fingerprint density at radius 2 is 2.13 bits per heavy atom. The SMILES string of the molecule is COc1cccc(C=O)c1N1CC[C@H](NC(=O)OC(C)(C)C)C1. The first-order valence-corrected chi connectivity index (χ1v) is 7.70. The number of hydrogen-bond donors (Lipinski definition) is 1. The van der Waals surface area contributed by atoms with Crippen LogP contribution < -0.4 is 15.0 Å². The number of carbonyl (C=O) groups excluding carboxylic acids is 2. The fourth-order valence-electron chi connectivity index (χ4n) is 2.69. The normalized spacial score (nSPS) is 17.7. The van der Waals surface area contributed by atoms with Crippen LogP contribution in [0.4, 0.5) is 10.5 Å². The Balaban J connectivity index is 2.06. The van der Waals surface area contributed by atoms with E-state index < -0.39 is 11.7 Å². The Kier molecular flexibility index (Phi) is 5.13. The number of alkyl carbamates (subject to hydrolysis) is 1. The molecule has 1 fully saturated rings. The lowest BCUT2D eigenvalue weighted by Gasteiger charge is -2.24. The van der Waals surface area contributed by atoms with Crippen molar-refractivity contribution in [1.82, 2.24) is 5.32 Å². The Bertz CT molecular complexity index is 580. The topological polar surface area (TPSA) is 67.9 Å². The minimum Gasteiger partial charge on any atom is -0.495 e. The molecule has 6 nitrogen and oxygen atoms in total. The van der Waals surface area contributed by atoms with Gasteiger partial charge in [0.2, 0.25) is 0 Å². The first kappa shape index (κ1) is 17.1. The molecule has 1 aromatic rings. The second kappa shape index (κ2) is 6.89. The number of nitrogens with zero attached hydrogens (tertiary/aromatic N) is 1. The van der Waals surface area contributed by atoms with E-state index in [4.69, 9.17) is 9.47 Å². The number of para-hydroxylation sites is 1.